The lowest BCUT2D eigenvalue weighted by Crippen LogP contribution is -2.26. The highest BCUT2D eigenvalue weighted by molar-refractivity contribution is 9.10. The predicted octanol–water partition coefficient (Wildman–Crippen LogP) is 4.17. The highest BCUT2D eigenvalue weighted by atomic mass is 79.9. The average molecular weight is 338 g/mol. The molecule has 1 heterocycles. The summed E-state index contributed by atoms with van der Waals surface area (Å²) < 4.78 is 1.07. The number of halogens is 1. The van der Waals surface area contributed by atoms with Gasteiger partial charge in [0.15, 0.2) is 0 Å². The first kappa shape index (κ1) is 13.2. The van der Waals surface area contributed by atoms with Crippen molar-refractivity contribution in [1.82, 2.24) is 0 Å². The zero-order valence-electron chi connectivity index (χ0n) is 10.6. The van der Waals surface area contributed by atoms with Gasteiger partial charge in [-0.05, 0) is 47.4 Å². The number of aliphatic hydroxyl groups is 1. The molecule has 1 aliphatic carbocycles. The SMILES string of the molecule is OCc1ccc(Br)cc1N(Cc1ccsc1)C1CC1. The highest BCUT2D eigenvalue weighted by Crippen LogP contribution is 2.36. The second-order valence-corrected chi connectivity index (χ2v) is 6.62. The minimum absolute atomic E-state index is 0.0927. The first-order valence-electron chi connectivity index (χ1n) is 6.45. The zero-order valence-corrected chi connectivity index (χ0v) is 13.0. The van der Waals surface area contributed by atoms with Gasteiger partial charge < -0.3 is 10.0 Å². The molecule has 1 aromatic heterocycles. The summed E-state index contributed by atoms with van der Waals surface area (Å²) in [6, 6.07) is 8.92. The fraction of sp³-hybridized carbons (Fsp3) is 0.333. The van der Waals surface area contributed by atoms with Gasteiger partial charge in [-0.1, -0.05) is 22.0 Å². The summed E-state index contributed by atoms with van der Waals surface area (Å²) in [6.45, 7) is 1.02. The Morgan fingerprint density at radius 2 is 2.16 bits per heavy atom. The van der Waals surface area contributed by atoms with Gasteiger partial charge in [0.05, 0.1) is 6.61 Å². The van der Waals surface area contributed by atoms with Gasteiger partial charge in [-0.3, -0.25) is 0 Å². The van der Waals surface area contributed by atoms with Crippen molar-refractivity contribution < 1.29 is 5.11 Å². The Hall–Kier alpha value is -0.840. The molecule has 0 radical (unpaired) electrons. The Morgan fingerprint density at radius 3 is 2.79 bits per heavy atom. The second kappa shape index (κ2) is 5.65. The van der Waals surface area contributed by atoms with Crippen LogP contribution >= 0.6 is 27.3 Å². The molecule has 1 aliphatic rings. The van der Waals surface area contributed by atoms with E-state index in [2.05, 4.69) is 43.7 Å². The predicted molar refractivity (Wildman–Crippen MR) is 83.6 cm³/mol. The summed E-state index contributed by atoms with van der Waals surface area (Å²) in [5.74, 6) is 0. The number of hydrogen-bond donors (Lipinski definition) is 1. The quantitative estimate of drug-likeness (QED) is 0.884. The van der Waals surface area contributed by atoms with Gasteiger partial charge >= 0.3 is 0 Å². The maximum absolute atomic E-state index is 9.55. The van der Waals surface area contributed by atoms with Crippen molar-refractivity contribution in [2.24, 2.45) is 0 Å². The summed E-state index contributed by atoms with van der Waals surface area (Å²) in [5.41, 5.74) is 3.51. The lowest BCUT2D eigenvalue weighted by Gasteiger charge is -2.27. The molecule has 0 amide bonds. The van der Waals surface area contributed by atoms with E-state index in [1.165, 1.54) is 18.4 Å². The van der Waals surface area contributed by atoms with Gasteiger partial charge in [0, 0.05) is 28.3 Å². The molecule has 0 spiro atoms. The fourth-order valence-electron chi connectivity index (χ4n) is 2.31. The average Bonchev–Trinajstić information content (AvgIpc) is 3.13. The van der Waals surface area contributed by atoms with Crippen molar-refractivity contribution in [3.8, 4) is 0 Å². The molecule has 1 N–H and O–H groups in total. The molecular formula is C15H16BrNOS. The number of hydrogen-bond acceptors (Lipinski definition) is 3. The van der Waals surface area contributed by atoms with Crippen molar-refractivity contribution in [1.29, 1.82) is 0 Å². The Balaban J connectivity index is 1.93. The van der Waals surface area contributed by atoms with Gasteiger partial charge in [-0.15, -0.1) is 0 Å². The van der Waals surface area contributed by atoms with Crippen LogP contribution in [-0.4, -0.2) is 11.1 Å². The van der Waals surface area contributed by atoms with Crippen molar-refractivity contribution >= 4 is 33.0 Å². The second-order valence-electron chi connectivity index (χ2n) is 4.92. The van der Waals surface area contributed by atoms with Gasteiger partial charge in [-0.25, -0.2) is 0 Å². The normalized spacial score (nSPS) is 14.6. The summed E-state index contributed by atoms with van der Waals surface area (Å²) in [6.07, 6.45) is 2.50. The summed E-state index contributed by atoms with van der Waals surface area (Å²) in [7, 11) is 0. The van der Waals surface area contributed by atoms with Crippen LogP contribution in [0.15, 0.2) is 39.5 Å². The Kier molecular flexibility index (Phi) is 3.91. The van der Waals surface area contributed by atoms with Crippen LogP contribution in [0.5, 0.6) is 0 Å². The number of anilines is 1. The van der Waals surface area contributed by atoms with E-state index in [4.69, 9.17) is 0 Å². The summed E-state index contributed by atoms with van der Waals surface area (Å²) in [5, 5.41) is 13.9. The van der Waals surface area contributed by atoms with Crippen LogP contribution in [0.1, 0.15) is 24.0 Å². The number of benzene rings is 1. The topological polar surface area (TPSA) is 23.5 Å². The van der Waals surface area contributed by atoms with Crippen molar-refractivity contribution in [2.45, 2.75) is 32.0 Å². The molecule has 0 bridgehead atoms. The van der Waals surface area contributed by atoms with Gasteiger partial charge in [0.1, 0.15) is 0 Å². The highest BCUT2D eigenvalue weighted by Gasteiger charge is 2.30. The van der Waals surface area contributed by atoms with Crippen LogP contribution in [-0.2, 0) is 13.2 Å². The van der Waals surface area contributed by atoms with Crippen LogP contribution < -0.4 is 4.90 Å². The monoisotopic (exact) mass is 337 g/mol. The molecule has 2 aromatic rings. The molecule has 4 heteroatoms. The van der Waals surface area contributed by atoms with E-state index >= 15 is 0 Å². The van der Waals surface area contributed by atoms with Gasteiger partial charge in [0.25, 0.3) is 0 Å². The third-order valence-electron chi connectivity index (χ3n) is 3.45. The lowest BCUT2D eigenvalue weighted by molar-refractivity contribution is 0.282. The van der Waals surface area contributed by atoms with Crippen molar-refractivity contribution in [3.05, 3.63) is 50.6 Å². The minimum Gasteiger partial charge on any atom is -0.392 e. The maximum Gasteiger partial charge on any atom is 0.0702 e. The van der Waals surface area contributed by atoms with E-state index in [1.54, 1.807) is 11.3 Å². The minimum atomic E-state index is 0.0927. The smallest absolute Gasteiger partial charge is 0.0702 e. The molecule has 3 rings (SSSR count). The molecule has 19 heavy (non-hydrogen) atoms. The van der Waals surface area contributed by atoms with E-state index < -0.39 is 0 Å². The molecule has 0 saturated heterocycles. The Labute approximate surface area is 125 Å². The molecule has 2 nitrogen and oxygen atoms in total. The number of thiophene rings is 1. The molecule has 0 unspecified atom stereocenters. The summed E-state index contributed by atoms with van der Waals surface area (Å²) in [4.78, 5) is 2.43. The third kappa shape index (κ3) is 3.02. The third-order valence-corrected chi connectivity index (χ3v) is 4.67. The van der Waals surface area contributed by atoms with E-state index in [-0.39, 0.29) is 6.61 Å². The molecule has 1 saturated carbocycles. The Morgan fingerprint density at radius 1 is 1.32 bits per heavy atom. The summed E-state index contributed by atoms with van der Waals surface area (Å²) >= 11 is 5.27. The lowest BCUT2D eigenvalue weighted by atomic mass is 10.1. The molecular weight excluding hydrogens is 322 g/mol. The van der Waals surface area contributed by atoms with E-state index in [0.29, 0.717) is 6.04 Å². The molecule has 1 fully saturated rings. The molecule has 0 atom stereocenters. The first-order chi connectivity index (χ1) is 9.28. The first-order valence-corrected chi connectivity index (χ1v) is 8.18. The molecule has 1 aromatic carbocycles. The van der Waals surface area contributed by atoms with Crippen LogP contribution in [0, 0.1) is 0 Å². The van der Waals surface area contributed by atoms with Crippen LogP contribution in [0.4, 0.5) is 5.69 Å². The fourth-order valence-corrected chi connectivity index (χ4v) is 3.32. The Bertz CT molecular complexity index is 551. The maximum atomic E-state index is 9.55. The van der Waals surface area contributed by atoms with Crippen LogP contribution in [0.25, 0.3) is 0 Å². The van der Waals surface area contributed by atoms with Crippen molar-refractivity contribution in [2.75, 3.05) is 4.90 Å². The largest absolute Gasteiger partial charge is 0.392 e. The van der Waals surface area contributed by atoms with Gasteiger partial charge in [-0.2, -0.15) is 11.3 Å². The van der Waals surface area contributed by atoms with Crippen LogP contribution in [0.2, 0.25) is 0 Å². The van der Waals surface area contributed by atoms with Crippen molar-refractivity contribution in [3.63, 3.8) is 0 Å². The zero-order chi connectivity index (χ0) is 13.2. The standard InChI is InChI=1S/C15H16BrNOS/c16-13-2-1-12(9-18)15(7-13)17(14-3-4-14)8-11-5-6-19-10-11/h1-2,5-7,10,14,18H,3-4,8-9H2. The van der Waals surface area contributed by atoms with E-state index in [0.717, 1.165) is 22.3 Å². The number of aliphatic hydroxyl groups excluding tert-OH is 1. The number of nitrogens with zero attached hydrogens (tertiary/aromatic N) is 1. The number of rotatable bonds is 5. The molecule has 0 aliphatic heterocycles. The molecule has 100 valence electrons. The van der Waals surface area contributed by atoms with Crippen LogP contribution in [0.3, 0.4) is 0 Å². The van der Waals surface area contributed by atoms with E-state index in [9.17, 15) is 5.11 Å². The van der Waals surface area contributed by atoms with Gasteiger partial charge in [0.2, 0.25) is 0 Å². The van der Waals surface area contributed by atoms with E-state index in [1.807, 2.05) is 12.1 Å².